The summed E-state index contributed by atoms with van der Waals surface area (Å²) in [5.41, 5.74) is 0.161. The summed E-state index contributed by atoms with van der Waals surface area (Å²) in [5.74, 6) is -0.242. The number of hydrogen-bond acceptors (Lipinski definition) is 4. The zero-order valence-corrected chi connectivity index (χ0v) is 16.9. The lowest BCUT2D eigenvalue weighted by Gasteiger charge is -2.42. The normalized spacial score (nSPS) is 22.7. The molecule has 3 aliphatic heterocycles. The molecule has 0 atom stereocenters. The van der Waals surface area contributed by atoms with Crippen LogP contribution in [0, 0.1) is 11.7 Å². The molecule has 3 heterocycles. The molecule has 6 nitrogen and oxygen atoms in total. The minimum Gasteiger partial charge on any atom is -0.378 e. The fourth-order valence-electron chi connectivity index (χ4n) is 4.79. The van der Waals surface area contributed by atoms with E-state index in [2.05, 4.69) is 4.90 Å². The predicted molar refractivity (Wildman–Crippen MR) is 107 cm³/mol. The molecule has 0 bridgehead atoms. The molecule has 1 aromatic carbocycles. The number of nitrogens with zero attached hydrogens (tertiary/aromatic N) is 3. The highest BCUT2D eigenvalue weighted by atomic mass is 19.1. The second-order valence-electron chi connectivity index (χ2n) is 8.25. The Morgan fingerprint density at radius 3 is 2.17 bits per heavy atom. The average Bonchev–Trinajstić information content (AvgIpc) is 2.79. The molecular weight excluding hydrogens is 373 g/mol. The third kappa shape index (κ3) is 4.61. The molecule has 158 valence electrons. The first-order valence-electron chi connectivity index (χ1n) is 10.8. The maximum Gasteiger partial charge on any atom is 0.256 e. The summed E-state index contributed by atoms with van der Waals surface area (Å²) in [5, 5.41) is 0. The van der Waals surface area contributed by atoms with Crippen molar-refractivity contribution in [2.75, 3.05) is 52.5 Å². The van der Waals surface area contributed by atoms with Crippen molar-refractivity contribution >= 4 is 11.8 Å². The maximum absolute atomic E-state index is 13.9. The van der Waals surface area contributed by atoms with E-state index < -0.39 is 5.82 Å². The highest BCUT2D eigenvalue weighted by molar-refractivity contribution is 5.94. The van der Waals surface area contributed by atoms with Crippen molar-refractivity contribution in [2.24, 2.45) is 5.92 Å². The Labute approximate surface area is 171 Å². The molecule has 3 aliphatic rings. The summed E-state index contributed by atoms with van der Waals surface area (Å²) in [6.07, 6.45) is 3.62. The highest BCUT2D eigenvalue weighted by Crippen LogP contribution is 2.26. The number of rotatable bonds is 3. The Balaban J connectivity index is 1.24. The monoisotopic (exact) mass is 403 g/mol. The molecule has 0 N–H and O–H groups in total. The molecule has 4 rings (SSSR count). The molecule has 2 amide bonds. The predicted octanol–water partition coefficient (Wildman–Crippen LogP) is 2.00. The summed E-state index contributed by atoms with van der Waals surface area (Å²) < 4.78 is 19.2. The number of carbonyl (C=O) groups excluding carboxylic acids is 2. The van der Waals surface area contributed by atoms with Gasteiger partial charge >= 0.3 is 0 Å². The van der Waals surface area contributed by atoms with Gasteiger partial charge in [0.15, 0.2) is 0 Å². The van der Waals surface area contributed by atoms with E-state index in [1.807, 2.05) is 4.90 Å². The smallest absolute Gasteiger partial charge is 0.256 e. The largest absolute Gasteiger partial charge is 0.378 e. The topological polar surface area (TPSA) is 53.1 Å². The molecule has 3 fully saturated rings. The van der Waals surface area contributed by atoms with Crippen molar-refractivity contribution in [1.82, 2.24) is 14.7 Å². The standard InChI is InChI=1S/C22H30FN3O3/c23-20-4-2-1-3-19(20)22(28)25-11-7-18(8-12-25)24-9-5-17(6-10-24)21(27)26-13-15-29-16-14-26/h1-4,17-18H,5-16H2. The summed E-state index contributed by atoms with van der Waals surface area (Å²) in [6, 6.07) is 6.64. The molecule has 3 saturated heterocycles. The second kappa shape index (κ2) is 9.22. The lowest BCUT2D eigenvalue weighted by molar-refractivity contribution is -0.141. The van der Waals surface area contributed by atoms with Crippen LogP contribution in [0.4, 0.5) is 4.39 Å². The van der Waals surface area contributed by atoms with Gasteiger partial charge in [-0.2, -0.15) is 0 Å². The molecule has 0 unspecified atom stereocenters. The Morgan fingerprint density at radius 1 is 0.862 bits per heavy atom. The van der Waals surface area contributed by atoms with E-state index in [1.54, 1.807) is 23.1 Å². The minimum absolute atomic E-state index is 0.132. The Kier molecular flexibility index (Phi) is 6.45. The van der Waals surface area contributed by atoms with Crippen LogP contribution >= 0.6 is 0 Å². The number of morpholine rings is 1. The van der Waals surface area contributed by atoms with Crippen LogP contribution in [0.25, 0.3) is 0 Å². The number of amides is 2. The average molecular weight is 403 g/mol. The van der Waals surface area contributed by atoms with Crippen molar-refractivity contribution in [1.29, 1.82) is 0 Å². The van der Waals surface area contributed by atoms with Gasteiger partial charge in [-0.05, 0) is 50.9 Å². The third-order valence-electron chi connectivity index (χ3n) is 6.57. The van der Waals surface area contributed by atoms with Gasteiger partial charge in [-0.15, -0.1) is 0 Å². The van der Waals surface area contributed by atoms with Gasteiger partial charge in [-0.3, -0.25) is 9.59 Å². The zero-order valence-electron chi connectivity index (χ0n) is 16.9. The van der Waals surface area contributed by atoms with Crippen LogP contribution < -0.4 is 0 Å². The van der Waals surface area contributed by atoms with Crippen LogP contribution in [0.1, 0.15) is 36.0 Å². The molecule has 0 aliphatic carbocycles. The number of benzene rings is 1. The first kappa shape index (κ1) is 20.3. The van der Waals surface area contributed by atoms with E-state index in [1.165, 1.54) is 6.07 Å². The summed E-state index contributed by atoms with van der Waals surface area (Å²) >= 11 is 0. The Hall–Kier alpha value is -1.99. The van der Waals surface area contributed by atoms with Gasteiger partial charge in [-0.25, -0.2) is 4.39 Å². The van der Waals surface area contributed by atoms with Gasteiger partial charge in [0.05, 0.1) is 18.8 Å². The van der Waals surface area contributed by atoms with E-state index in [4.69, 9.17) is 4.74 Å². The van der Waals surface area contributed by atoms with E-state index in [0.29, 0.717) is 51.3 Å². The van der Waals surface area contributed by atoms with Crippen molar-refractivity contribution < 1.29 is 18.7 Å². The number of hydrogen-bond donors (Lipinski definition) is 0. The summed E-state index contributed by atoms with van der Waals surface area (Å²) in [6.45, 7) is 5.92. The quantitative estimate of drug-likeness (QED) is 0.775. The van der Waals surface area contributed by atoms with E-state index in [0.717, 1.165) is 38.8 Å². The van der Waals surface area contributed by atoms with E-state index in [9.17, 15) is 14.0 Å². The number of piperidine rings is 2. The van der Waals surface area contributed by atoms with Gasteiger partial charge in [0.2, 0.25) is 5.91 Å². The van der Waals surface area contributed by atoms with Gasteiger partial charge in [0.1, 0.15) is 5.82 Å². The minimum atomic E-state index is -0.452. The van der Waals surface area contributed by atoms with Gasteiger partial charge in [0, 0.05) is 38.1 Å². The highest BCUT2D eigenvalue weighted by Gasteiger charge is 2.33. The van der Waals surface area contributed by atoms with E-state index in [-0.39, 0.29) is 17.4 Å². The summed E-state index contributed by atoms with van der Waals surface area (Å²) in [7, 11) is 0. The first-order chi connectivity index (χ1) is 14.1. The van der Waals surface area contributed by atoms with Crippen molar-refractivity contribution in [3.63, 3.8) is 0 Å². The second-order valence-corrected chi connectivity index (χ2v) is 8.25. The molecule has 1 aromatic rings. The van der Waals surface area contributed by atoms with Crippen LogP contribution in [0.3, 0.4) is 0 Å². The van der Waals surface area contributed by atoms with Crippen LogP contribution in [0.5, 0.6) is 0 Å². The molecule has 0 spiro atoms. The maximum atomic E-state index is 13.9. The molecule has 29 heavy (non-hydrogen) atoms. The van der Waals surface area contributed by atoms with Crippen LogP contribution in [0.15, 0.2) is 24.3 Å². The Morgan fingerprint density at radius 2 is 1.52 bits per heavy atom. The molecule has 0 radical (unpaired) electrons. The van der Waals surface area contributed by atoms with Crippen LogP contribution in [0.2, 0.25) is 0 Å². The number of ether oxygens (including phenoxy) is 1. The number of likely N-dealkylation sites (tertiary alicyclic amines) is 2. The number of carbonyl (C=O) groups is 2. The SMILES string of the molecule is O=C(c1ccccc1F)N1CCC(N2CCC(C(=O)N3CCOCC3)CC2)CC1. The van der Waals surface area contributed by atoms with Crippen molar-refractivity contribution in [2.45, 2.75) is 31.7 Å². The first-order valence-corrected chi connectivity index (χ1v) is 10.8. The number of halogens is 1. The van der Waals surface area contributed by atoms with Crippen molar-refractivity contribution in [3.05, 3.63) is 35.6 Å². The van der Waals surface area contributed by atoms with Crippen LogP contribution in [-0.4, -0.2) is 85.0 Å². The fourth-order valence-corrected chi connectivity index (χ4v) is 4.79. The molecular formula is C22H30FN3O3. The molecule has 0 saturated carbocycles. The van der Waals surface area contributed by atoms with E-state index >= 15 is 0 Å². The summed E-state index contributed by atoms with van der Waals surface area (Å²) in [4.78, 5) is 31.5. The molecule has 7 heteroatoms. The zero-order chi connectivity index (χ0) is 20.2. The Bertz CT molecular complexity index is 722. The molecule has 0 aromatic heterocycles. The third-order valence-corrected chi connectivity index (χ3v) is 6.57. The fraction of sp³-hybridized carbons (Fsp3) is 0.636. The lowest BCUT2D eigenvalue weighted by Crippen LogP contribution is -2.51. The van der Waals surface area contributed by atoms with Crippen LogP contribution in [-0.2, 0) is 9.53 Å². The van der Waals surface area contributed by atoms with Gasteiger partial charge in [0.25, 0.3) is 5.91 Å². The van der Waals surface area contributed by atoms with Gasteiger partial charge in [-0.1, -0.05) is 12.1 Å². The lowest BCUT2D eigenvalue weighted by atomic mass is 9.92. The van der Waals surface area contributed by atoms with Crippen molar-refractivity contribution in [3.8, 4) is 0 Å². The van der Waals surface area contributed by atoms with Gasteiger partial charge < -0.3 is 19.4 Å².